The summed E-state index contributed by atoms with van der Waals surface area (Å²) in [5.41, 5.74) is 0. The van der Waals surface area contributed by atoms with Crippen molar-refractivity contribution in [2.24, 2.45) is 0 Å². The van der Waals surface area contributed by atoms with Crippen LogP contribution in [0.25, 0.3) is 0 Å². The van der Waals surface area contributed by atoms with Crippen LogP contribution in [-0.4, -0.2) is 10.4 Å². The van der Waals surface area contributed by atoms with Gasteiger partial charge in [-0.05, 0) is 0 Å². The van der Waals surface area contributed by atoms with Gasteiger partial charge in [-0.1, -0.05) is 24.2 Å². The first-order chi connectivity index (χ1) is 4.13. The molecule has 1 aliphatic heterocycles. The molecule has 0 spiro atoms. The first-order valence-corrected chi connectivity index (χ1v) is 3.70. The van der Waals surface area contributed by atoms with Gasteiger partial charge in [-0.15, -0.1) is 23.2 Å². The Morgan fingerprint density at radius 3 is 2.22 bits per heavy atom. The maximum absolute atomic E-state index is 5.72. The molecule has 0 aliphatic carbocycles. The monoisotopic (exact) mass is 180 g/mol. The minimum absolute atomic E-state index is 0.314. The van der Waals surface area contributed by atoms with Crippen LogP contribution >= 0.6 is 34.7 Å². The van der Waals surface area contributed by atoms with Crippen LogP contribution in [0.2, 0.25) is 0 Å². The van der Waals surface area contributed by atoms with Gasteiger partial charge < -0.3 is 0 Å². The summed E-state index contributed by atoms with van der Waals surface area (Å²) >= 11 is 17.1. The van der Waals surface area contributed by atoms with Gasteiger partial charge in [0.2, 0.25) is 0 Å². The van der Waals surface area contributed by atoms with E-state index in [1.807, 2.05) is 6.08 Å². The molecule has 0 saturated carbocycles. The van der Waals surface area contributed by atoms with E-state index in [9.17, 15) is 0 Å². The van der Waals surface area contributed by atoms with E-state index < -0.39 is 4.23 Å². The van der Waals surface area contributed by atoms with Crippen LogP contribution in [0.4, 0.5) is 0 Å². The first-order valence-electron chi connectivity index (χ1n) is 2.51. The third-order valence-electron chi connectivity index (χ3n) is 1.08. The number of alkyl halides is 2. The predicted molar refractivity (Wildman–Crippen MR) is 44.3 cm³/mol. The van der Waals surface area contributed by atoms with E-state index >= 15 is 0 Å². The Morgan fingerprint density at radius 2 is 1.89 bits per heavy atom. The Kier molecular flexibility index (Phi) is 2.15. The highest BCUT2D eigenvalue weighted by molar-refractivity contribution is 7.18. The van der Waals surface area contributed by atoms with Crippen molar-refractivity contribution < 1.29 is 0 Å². The Bertz CT molecular complexity index is 162. The van der Waals surface area contributed by atoms with Gasteiger partial charge in [0.15, 0.2) is 0 Å². The van der Waals surface area contributed by atoms with Crippen LogP contribution in [0.1, 0.15) is 0 Å². The van der Waals surface area contributed by atoms with Crippen LogP contribution in [-0.2, 0) is 0 Å². The van der Waals surface area contributed by atoms with Gasteiger partial charge in [0.25, 0.3) is 0 Å². The molecule has 0 aromatic heterocycles. The summed E-state index contributed by atoms with van der Waals surface area (Å²) in [6.45, 7) is 0. The molecular formula is C5H4BCl3. The van der Waals surface area contributed by atoms with Gasteiger partial charge in [0.05, 0.1) is 0 Å². The van der Waals surface area contributed by atoms with Crippen LogP contribution in [0.5, 0.6) is 0 Å². The molecule has 0 atom stereocenters. The van der Waals surface area contributed by atoms with Crippen molar-refractivity contribution in [2.75, 3.05) is 0 Å². The molecule has 4 heteroatoms. The molecule has 0 saturated heterocycles. The molecular weight excluding hydrogens is 177 g/mol. The molecule has 0 bridgehead atoms. The Hall–Kier alpha value is 0.415. The highest BCUT2D eigenvalue weighted by atomic mass is 35.5. The van der Waals surface area contributed by atoms with Gasteiger partial charge in [-0.25, -0.2) is 0 Å². The fourth-order valence-electron chi connectivity index (χ4n) is 0.566. The van der Waals surface area contributed by atoms with E-state index in [0.29, 0.717) is 0 Å². The molecule has 0 unspecified atom stereocenters. The smallest absolute Gasteiger partial charge is 0.185 e. The molecule has 0 nitrogen and oxygen atoms in total. The number of hydrogen-bond acceptors (Lipinski definition) is 0. The fourth-order valence-corrected chi connectivity index (χ4v) is 1.01. The highest BCUT2D eigenvalue weighted by Crippen LogP contribution is 2.30. The van der Waals surface area contributed by atoms with Crippen molar-refractivity contribution in [3.05, 3.63) is 24.2 Å². The predicted octanol–water partition coefficient (Wildman–Crippen LogP) is 2.60. The summed E-state index contributed by atoms with van der Waals surface area (Å²) in [5.74, 6) is 1.75. The lowest BCUT2D eigenvalue weighted by molar-refractivity contribution is 1.41. The zero-order valence-corrected chi connectivity index (χ0v) is 6.79. The summed E-state index contributed by atoms with van der Waals surface area (Å²) in [6.07, 6.45) is 4.94. The van der Waals surface area contributed by atoms with Crippen LogP contribution < -0.4 is 0 Å². The summed E-state index contributed by atoms with van der Waals surface area (Å²) in [5, 5.41) is 0. The zero-order chi connectivity index (χ0) is 6.91. The van der Waals surface area contributed by atoms with Crippen molar-refractivity contribution in [2.45, 2.75) is 4.23 Å². The number of hydrogen-bond donors (Lipinski definition) is 0. The number of halogens is 3. The Balaban J connectivity index is 2.78. The largest absolute Gasteiger partial charge is 0.319 e. The minimum Gasteiger partial charge on any atom is -0.185 e. The van der Waals surface area contributed by atoms with Crippen molar-refractivity contribution in [3.63, 3.8) is 0 Å². The van der Waals surface area contributed by atoms with Gasteiger partial charge in [0.1, 0.15) is 4.23 Å². The second-order valence-electron chi connectivity index (χ2n) is 1.82. The fraction of sp³-hybridized carbons (Fsp3) is 0.200. The van der Waals surface area contributed by atoms with Crippen LogP contribution in [0, 0.1) is 0 Å². The Morgan fingerprint density at radius 1 is 1.22 bits per heavy atom. The third kappa shape index (κ3) is 1.67. The summed E-state index contributed by atoms with van der Waals surface area (Å²) < 4.78 is -0.920. The summed E-state index contributed by atoms with van der Waals surface area (Å²) in [6, 6.07) is 0. The first kappa shape index (κ1) is 7.52. The maximum atomic E-state index is 5.72. The quantitative estimate of drug-likeness (QED) is 0.398. The maximum Gasteiger partial charge on any atom is 0.319 e. The van der Waals surface area contributed by atoms with Gasteiger partial charge in [0, 0.05) is 0 Å². The standard InChI is InChI=1S/C5H4BCl3/c7-5(8)3-1-2-4-6(5)9/h1-4H. The molecule has 0 amide bonds. The van der Waals surface area contributed by atoms with E-state index in [1.54, 1.807) is 18.1 Å². The van der Waals surface area contributed by atoms with E-state index in [2.05, 4.69) is 0 Å². The molecule has 0 fully saturated rings. The van der Waals surface area contributed by atoms with E-state index in [-0.39, 0.29) is 6.13 Å². The average Bonchev–Trinajstić information content (AvgIpc) is 1.77. The molecule has 1 heterocycles. The van der Waals surface area contributed by atoms with Crippen molar-refractivity contribution in [1.29, 1.82) is 0 Å². The van der Waals surface area contributed by atoms with Gasteiger partial charge >= 0.3 is 6.13 Å². The zero-order valence-electron chi connectivity index (χ0n) is 4.52. The van der Waals surface area contributed by atoms with E-state index in [1.165, 1.54) is 0 Å². The minimum atomic E-state index is -0.920. The second-order valence-corrected chi connectivity index (χ2v) is 3.73. The molecule has 1 rings (SSSR count). The van der Waals surface area contributed by atoms with Crippen LogP contribution in [0.15, 0.2) is 24.2 Å². The van der Waals surface area contributed by atoms with Crippen molar-refractivity contribution in [3.8, 4) is 0 Å². The number of rotatable bonds is 0. The van der Waals surface area contributed by atoms with Gasteiger partial charge in [-0.2, -0.15) is 11.5 Å². The van der Waals surface area contributed by atoms with Gasteiger partial charge in [-0.3, -0.25) is 0 Å². The SMILES string of the molecule is ClB1C=CC=CC1(Cl)Cl. The normalized spacial score (nSPS) is 22.8. The lowest BCUT2D eigenvalue weighted by Crippen LogP contribution is -2.28. The Labute approximate surface area is 69.5 Å². The van der Waals surface area contributed by atoms with E-state index in [0.717, 1.165) is 0 Å². The average molecular weight is 181 g/mol. The van der Waals surface area contributed by atoms with E-state index in [4.69, 9.17) is 34.7 Å². The third-order valence-corrected chi connectivity index (χ3v) is 2.51. The molecule has 0 radical (unpaired) electrons. The summed E-state index contributed by atoms with van der Waals surface area (Å²) in [4.78, 5) is 0. The molecule has 0 N–H and O–H groups in total. The molecule has 0 aromatic carbocycles. The molecule has 0 aromatic rings. The second kappa shape index (κ2) is 2.57. The summed E-state index contributed by atoms with van der Waals surface area (Å²) in [7, 11) is 0. The topological polar surface area (TPSA) is 0 Å². The van der Waals surface area contributed by atoms with Crippen molar-refractivity contribution >= 4 is 40.8 Å². The van der Waals surface area contributed by atoms with Crippen molar-refractivity contribution in [1.82, 2.24) is 0 Å². The highest BCUT2D eigenvalue weighted by Gasteiger charge is 2.33. The molecule has 1 aliphatic rings. The molecule has 48 valence electrons. The lowest BCUT2D eigenvalue weighted by atomic mass is 9.69. The lowest BCUT2D eigenvalue weighted by Gasteiger charge is -2.17. The van der Waals surface area contributed by atoms with Crippen LogP contribution in [0.3, 0.4) is 0 Å². The number of allylic oxidation sites excluding steroid dienone is 3. The molecule has 9 heavy (non-hydrogen) atoms.